The molecule has 0 aromatic carbocycles. The van der Waals surface area contributed by atoms with Gasteiger partial charge in [0.1, 0.15) is 0 Å². The molecule has 1 saturated heterocycles. The Morgan fingerprint density at radius 1 is 1.29 bits per heavy atom. The van der Waals surface area contributed by atoms with E-state index in [2.05, 4.69) is 16.8 Å². The molecule has 0 aromatic heterocycles. The maximum atomic E-state index is 5.67. The van der Waals surface area contributed by atoms with Gasteiger partial charge in [0, 0.05) is 32.2 Å². The topological polar surface area (TPSA) is 32.5 Å². The van der Waals surface area contributed by atoms with Crippen LogP contribution in [0.25, 0.3) is 0 Å². The largest absolute Gasteiger partial charge is 0.330 e. The number of nitrogens with zero attached hydrogens (tertiary/aromatic N) is 2. The van der Waals surface area contributed by atoms with E-state index >= 15 is 0 Å². The van der Waals surface area contributed by atoms with Gasteiger partial charge in [-0.3, -0.25) is 4.90 Å². The minimum absolute atomic E-state index is 0.722. The highest BCUT2D eigenvalue weighted by molar-refractivity contribution is 4.85. The zero-order chi connectivity index (χ0) is 9.97. The summed E-state index contributed by atoms with van der Waals surface area (Å²) in [5.74, 6) is 1.01. The fourth-order valence-electron chi connectivity index (χ4n) is 2.39. The Kier molecular flexibility index (Phi) is 3.42. The fraction of sp³-hybridized carbons (Fsp3) is 1.00. The summed E-state index contributed by atoms with van der Waals surface area (Å²) in [5, 5.41) is 0. The maximum Gasteiger partial charge on any atom is 0.0235 e. The molecule has 1 aliphatic carbocycles. The van der Waals surface area contributed by atoms with E-state index < -0.39 is 0 Å². The van der Waals surface area contributed by atoms with E-state index in [1.165, 1.54) is 39.0 Å². The minimum Gasteiger partial charge on any atom is -0.330 e. The summed E-state index contributed by atoms with van der Waals surface area (Å²) >= 11 is 0. The van der Waals surface area contributed by atoms with Gasteiger partial charge in [0.2, 0.25) is 0 Å². The predicted octanol–water partition coefficient (Wildman–Crippen LogP) is 0.361. The lowest BCUT2D eigenvalue weighted by Crippen LogP contribution is -2.52. The van der Waals surface area contributed by atoms with E-state index in [4.69, 9.17) is 5.73 Å². The molecule has 0 amide bonds. The van der Waals surface area contributed by atoms with E-state index in [-0.39, 0.29) is 0 Å². The van der Waals surface area contributed by atoms with Gasteiger partial charge in [-0.15, -0.1) is 0 Å². The van der Waals surface area contributed by atoms with E-state index in [1.807, 2.05) is 0 Å². The minimum atomic E-state index is 0.722. The Balaban J connectivity index is 1.83. The maximum absolute atomic E-state index is 5.67. The second kappa shape index (κ2) is 4.60. The third kappa shape index (κ3) is 2.69. The lowest BCUT2D eigenvalue weighted by molar-refractivity contribution is 0.0820. The van der Waals surface area contributed by atoms with Crippen LogP contribution in [-0.4, -0.2) is 55.6 Å². The van der Waals surface area contributed by atoms with Gasteiger partial charge in [0.05, 0.1) is 0 Å². The summed E-state index contributed by atoms with van der Waals surface area (Å²) in [7, 11) is 2.22. The number of hydrogen-bond acceptors (Lipinski definition) is 3. The van der Waals surface area contributed by atoms with Crippen LogP contribution in [0.3, 0.4) is 0 Å². The monoisotopic (exact) mass is 197 g/mol. The quantitative estimate of drug-likeness (QED) is 0.706. The van der Waals surface area contributed by atoms with Crippen LogP contribution in [-0.2, 0) is 0 Å². The molecule has 0 bridgehead atoms. The van der Waals surface area contributed by atoms with Crippen molar-refractivity contribution >= 4 is 0 Å². The molecule has 82 valence electrons. The SMILES string of the molecule is CN1CCN(CC2CC2)C(CCN)C1. The Bertz CT molecular complexity index is 177. The third-order valence-corrected chi connectivity index (χ3v) is 3.50. The van der Waals surface area contributed by atoms with Crippen molar-refractivity contribution in [3.8, 4) is 0 Å². The van der Waals surface area contributed by atoms with Gasteiger partial charge in [-0.1, -0.05) is 0 Å². The van der Waals surface area contributed by atoms with Crippen molar-refractivity contribution in [1.29, 1.82) is 0 Å². The molecule has 0 aromatic rings. The zero-order valence-corrected chi connectivity index (χ0v) is 9.28. The number of likely N-dealkylation sites (N-methyl/N-ethyl adjacent to an activating group) is 1. The average molecular weight is 197 g/mol. The first-order chi connectivity index (χ1) is 6.79. The van der Waals surface area contributed by atoms with Crippen molar-refractivity contribution < 1.29 is 0 Å². The lowest BCUT2D eigenvalue weighted by atomic mass is 10.1. The summed E-state index contributed by atoms with van der Waals surface area (Å²) in [4.78, 5) is 5.11. The van der Waals surface area contributed by atoms with Gasteiger partial charge < -0.3 is 10.6 Å². The van der Waals surface area contributed by atoms with Crippen LogP contribution in [0.15, 0.2) is 0 Å². The van der Waals surface area contributed by atoms with E-state index in [0.29, 0.717) is 0 Å². The van der Waals surface area contributed by atoms with Crippen LogP contribution in [0.4, 0.5) is 0 Å². The fourth-order valence-corrected chi connectivity index (χ4v) is 2.39. The summed E-state index contributed by atoms with van der Waals surface area (Å²) in [6, 6.07) is 0.722. The molecule has 1 atom stereocenters. The van der Waals surface area contributed by atoms with Crippen molar-refractivity contribution in [2.45, 2.75) is 25.3 Å². The van der Waals surface area contributed by atoms with Gasteiger partial charge in [-0.25, -0.2) is 0 Å². The molecule has 2 N–H and O–H groups in total. The van der Waals surface area contributed by atoms with Crippen LogP contribution in [0.1, 0.15) is 19.3 Å². The average Bonchev–Trinajstić information content (AvgIpc) is 2.94. The van der Waals surface area contributed by atoms with Crippen LogP contribution in [0.5, 0.6) is 0 Å². The summed E-state index contributed by atoms with van der Waals surface area (Å²) in [6.07, 6.45) is 4.08. The van der Waals surface area contributed by atoms with Crippen molar-refractivity contribution in [3.05, 3.63) is 0 Å². The standard InChI is InChI=1S/C11H23N3/c1-13-6-7-14(8-10-2-3-10)11(9-13)4-5-12/h10-11H,2-9,12H2,1H3. The van der Waals surface area contributed by atoms with Crippen LogP contribution in [0, 0.1) is 5.92 Å². The normalized spacial score (nSPS) is 30.9. The third-order valence-electron chi connectivity index (χ3n) is 3.50. The first-order valence-electron chi connectivity index (χ1n) is 5.92. The molecule has 1 unspecified atom stereocenters. The smallest absolute Gasteiger partial charge is 0.0235 e. The Labute approximate surface area is 87.2 Å². The first-order valence-corrected chi connectivity index (χ1v) is 5.92. The highest BCUT2D eigenvalue weighted by Gasteiger charge is 2.30. The molecule has 3 heteroatoms. The van der Waals surface area contributed by atoms with Gasteiger partial charge in [-0.05, 0) is 38.8 Å². The van der Waals surface area contributed by atoms with Crippen LogP contribution in [0.2, 0.25) is 0 Å². The van der Waals surface area contributed by atoms with Crippen molar-refractivity contribution in [1.82, 2.24) is 9.80 Å². The number of rotatable bonds is 4. The Hall–Kier alpha value is -0.120. The van der Waals surface area contributed by atoms with Crippen molar-refractivity contribution in [2.75, 3.05) is 39.8 Å². The van der Waals surface area contributed by atoms with Crippen molar-refractivity contribution in [2.24, 2.45) is 11.7 Å². The molecule has 2 aliphatic rings. The van der Waals surface area contributed by atoms with Crippen LogP contribution < -0.4 is 5.73 Å². The lowest BCUT2D eigenvalue weighted by Gasteiger charge is -2.40. The molecular formula is C11H23N3. The van der Waals surface area contributed by atoms with Gasteiger partial charge in [-0.2, -0.15) is 0 Å². The number of hydrogen-bond donors (Lipinski definition) is 1. The molecule has 2 fully saturated rings. The molecule has 3 nitrogen and oxygen atoms in total. The van der Waals surface area contributed by atoms with E-state index in [0.717, 1.165) is 24.9 Å². The molecule has 14 heavy (non-hydrogen) atoms. The van der Waals surface area contributed by atoms with E-state index in [1.54, 1.807) is 0 Å². The number of nitrogens with two attached hydrogens (primary N) is 1. The molecule has 2 rings (SSSR count). The molecule has 0 spiro atoms. The molecule has 1 aliphatic heterocycles. The Morgan fingerprint density at radius 3 is 2.71 bits per heavy atom. The molecular weight excluding hydrogens is 174 g/mol. The first kappa shape index (κ1) is 10.4. The molecule has 1 saturated carbocycles. The van der Waals surface area contributed by atoms with Gasteiger partial charge in [0.25, 0.3) is 0 Å². The Morgan fingerprint density at radius 2 is 2.07 bits per heavy atom. The van der Waals surface area contributed by atoms with Crippen molar-refractivity contribution in [3.63, 3.8) is 0 Å². The van der Waals surface area contributed by atoms with E-state index in [9.17, 15) is 0 Å². The second-order valence-electron chi connectivity index (χ2n) is 4.93. The molecule has 1 heterocycles. The zero-order valence-electron chi connectivity index (χ0n) is 9.28. The highest BCUT2D eigenvalue weighted by atomic mass is 15.3. The number of piperazine rings is 1. The highest BCUT2D eigenvalue weighted by Crippen LogP contribution is 2.31. The van der Waals surface area contributed by atoms with Gasteiger partial charge in [0.15, 0.2) is 0 Å². The van der Waals surface area contributed by atoms with Gasteiger partial charge >= 0.3 is 0 Å². The summed E-state index contributed by atoms with van der Waals surface area (Å²) in [5.41, 5.74) is 5.67. The summed E-state index contributed by atoms with van der Waals surface area (Å²) < 4.78 is 0. The molecule has 0 radical (unpaired) electrons. The predicted molar refractivity (Wildman–Crippen MR) is 59.3 cm³/mol. The second-order valence-corrected chi connectivity index (χ2v) is 4.93. The van der Waals surface area contributed by atoms with Crippen LogP contribution >= 0.6 is 0 Å². The summed E-state index contributed by atoms with van der Waals surface area (Å²) in [6.45, 7) is 5.85.